The third-order valence-electron chi connectivity index (χ3n) is 3.36. The van der Waals surface area contributed by atoms with E-state index in [1.807, 2.05) is 30.3 Å². The minimum absolute atomic E-state index is 0.118. The van der Waals surface area contributed by atoms with Crippen molar-refractivity contribution in [3.63, 3.8) is 0 Å². The van der Waals surface area contributed by atoms with E-state index in [1.165, 1.54) is 11.3 Å². The molecule has 3 aromatic rings. The van der Waals surface area contributed by atoms with E-state index in [9.17, 15) is 4.79 Å². The molecule has 6 heteroatoms. The van der Waals surface area contributed by atoms with Crippen LogP contribution in [-0.2, 0) is 4.79 Å². The Bertz CT molecular complexity index is 864. The molecule has 1 heterocycles. The fraction of sp³-hybridized carbons (Fsp3) is 0.167. The summed E-state index contributed by atoms with van der Waals surface area (Å²) in [4.78, 5) is 16.0. The Kier molecular flexibility index (Phi) is 4.73. The molecule has 0 bridgehead atoms. The summed E-state index contributed by atoms with van der Waals surface area (Å²) in [5.41, 5.74) is 0.905. The first-order chi connectivity index (χ1) is 11.7. The van der Waals surface area contributed by atoms with Gasteiger partial charge in [0.15, 0.2) is 5.78 Å². The van der Waals surface area contributed by atoms with E-state index in [2.05, 4.69) is 4.98 Å². The second-order valence-electron chi connectivity index (χ2n) is 5.13. The van der Waals surface area contributed by atoms with Crippen LogP contribution in [-0.4, -0.2) is 17.4 Å². The average Bonchev–Trinajstić information content (AvgIpc) is 3.02. The van der Waals surface area contributed by atoms with Crippen LogP contribution < -0.4 is 9.47 Å². The molecule has 24 heavy (non-hydrogen) atoms. The van der Waals surface area contributed by atoms with Crippen molar-refractivity contribution >= 4 is 27.3 Å². The molecular formula is C18H14N2O3S. The minimum atomic E-state index is -0.661. The van der Waals surface area contributed by atoms with E-state index in [-0.39, 0.29) is 12.4 Å². The fourth-order valence-corrected chi connectivity index (χ4v) is 2.79. The van der Waals surface area contributed by atoms with Crippen LogP contribution in [0.25, 0.3) is 10.2 Å². The van der Waals surface area contributed by atoms with Crippen LogP contribution in [0, 0.1) is 17.2 Å². The van der Waals surface area contributed by atoms with Crippen molar-refractivity contribution in [2.24, 2.45) is 5.92 Å². The molecule has 3 rings (SSSR count). The number of nitriles is 1. The highest BCUT2D eigenvalue weighted by Gasteiger charge is 2.12. The summed E-state index contributed by atoms with van der Waals surface area (Å²) in [5.74, 6) is 0.280. The zero-order valence-corrected chi connectivity index (χ0v) is 13.7. The molecule has 1 aromatic heterocycles. The quantitative estimate of drug-likeness (QED) is 0.673. The largest absolute Gasteiger partial charge is 0.486 e. The van der Waals surface area contributed by atoms with Crippen LogP contribution in [0.3, 0.4) is 0 Å². The van der Waals surface area contributed by atoms with E-state index in [0.717, 1.165) is 10.2 Å². The lowest BCUT2D eigenvalue weighted by molar-refractivity contribution is -0.122. The van der Waals surface area contributed by atoms with Crippen molar-refractivity contribution in [1.82, 2.24) is 4.98 Å². The van der Waals surface area contributed by atoms with Gasteiger partial charge in [-0.1, -0.05) is 23.5 Å². The van der Waals surface area contributed by atoms with Crippen LogP contribution in [0.4, 0.5) is 0 Å². The number of ketones is 1. The second kappa shape index (κ2) is 7.11. The topological polar surface area (TPSA) is 72.2 Å². The lowest BCUT2D eigenvalue weighted by atomic mass is 10.1. The maximum Gasteiger partial charge on any atom is 0.279 e. The van der Waals surface area contributed by atoms with Gasteiger partial charge >= 0.3 is 0 Å². The number of hydrogen-bond donors (Lipinski definition) is 0. The first kappa shape index (κ1) is 16.0. The number of nitrogens with zero attached hydrogens (tertiary/aromatic N) is 2. The molecule has 0 saturated carbocycles. The smallest absolute Gasteiger partial charge is 0.279 e. The number of rotatable bonds is 6. The zero-order chi connectivity index (χ0) is 16.9. The van der Waals surface area contributed by atoms with Crippen molar-refractivity contribution in [3.05, 3.63) is 48.5 Å². The van der Waals surface area contributed by atoms with Gasteiger partial charge in [0.2, 0.25) is 0 Å². The molecule has 120 valence electrons. The van der Waals surface area contributed by atoms with Crippen LogP contribution in [0.15, 0.2) is 48.5 Å². The molecular weight excluding hydrogens is 324 g/mol. The predicted molar refractivity (Wildman–Crippen MR) is 91.4 cm³/mol. The van der Waals surface area contributed by atoms with Gasteiger partial charge in [-0.2, -0.15) is 5.26 Å². The minimum Gasteiger partial charge on any atom is -0.486 e. The highest BCUT2D eigenvalue weighted by molar-refractivity contribution is 7.20. The number of Topliss-reactive ketones (excluding diaryl/α,β-unsaturated/α-hetero) is 1. The summed E-state index contributed by atoms with van der Waals surface area (Å²) in [7, 11) is 0. The van der Waals surface area contributed by atoms with E-state index in [1.54, 1.807) is 31.2 Å². The van der Waals surface area contributed by atoms with Gasteiger partial charge in [-0.25, -0.2) is 4.98 Å². The lowest BCUT2D eigenvalue weighted by Crippen LogP contribution is -2.17. The van der Waals surface area contributed by atoms with Gasteiger partial charge in [-0.3, -0.25) is 4.79 Å². The Hall–Kier alpha value is -2.91. The van der Waals surface area contributed by atoms with Crippen LogP contribution in [0.5, 0.6) is 16.7 Å². The molecule has 5 nitrogen and oxygen atoms in total. The summed E-state index contributed by atoms with van der Waals surface area (Å²) in [5, 5.41) is 9.26. The van der Waals surface area contributed by atoms with Gasteiger partial charge in [-0.05, 0) is 43.3 Å². The number of hydrogen-bond acceptors (Lipinski definition) is 6. The standard InChI is InChI=1S/C18H14N2O3S/c1-12(10-19)16(21)11-22-13-6-8-14(9-7-13)23-18-20-15-4-2-3-5-17(15)24-18/h2-9,12H,11H2,1H3. The van der Waals surface area contributed by atoms with Crippen molar-refractivity contribution in [1.29, 1.82) is 5.26 Å². The normalized spacial score (nSPS) is 11.7. The maximum absolute atomic E-state index is 11.6. The highest BCUT2D eigenvalue weighted by atomic mass is 32.1. The molecule has 1 atom stereocenters. The third kappa shape index (κ3) is 3.70. The number of ether oxygens (including phenoxy) is 2. The van der Waals surface area contributed by atoms with E-state index < -0.39 is 5.92 Å². The Morgan fingerprint density at radius 1 is 1.21 bits per heavy atom. The van der Waals surface area contributed by atoms with E-state index in [4.69, 9.17) is 14.7 Å². The summed E-state index contributed by atoms with van der Waals surface area (Å²) in [6.07, 6.45) is 0. The predicted octanol–water partition coefficient (Wildman–Crippen LogP) is 4.20. The first-order valence-corrected chi connectivity index (χ1v) is 8.16. The molecule has 0 saturated heterocycles. The molecule has 0 spiro atoms. The molecule has 1 unspecified atom stereocenters. The summed E-state index contributed by atoms with van der Waals surface area (Å²) < 4.78 is 12.2. The molecule has 0 N–H and O–H groups in total. The third-order valence-corrected chi connectivity index (χ3v) is 4.28. The van der Waals surface area contributed by atoms with Crippen LogP contribution in [0.1, 0.15) is 6.92 Å². The van der Waals surface area contributed by atoms with Gasteiger partial charge in [0.05, 0.1) is 16.3 Å². The van der Waals surface area contributed by atoms with Gasteiger partial charge in [0.25, 0.3) is 5.19 Å². The molecule has 0 aliphatic carbocycles. The molecule has 0 fully saturated rings. The van der Waals surface area contributed by atoms with Crippen molar-refractivity contribution in [3.8, 4) is 22.8 Å². The lowest BCUT2D eigenvalue weighted by Gasteiger charge is -2.07. The molecule has 0 radical (unpaired) electrons. The van der Waals surface area contributed by atoms with E-state index >= 15 is 0 Å². The van der Waals surface area contributed by atoms with Gasteiger partial charge < -0.3 is 9.47 Å². The first-order valence-electron chi connectivity index (χ1n) is 7.34. The summed E-state index contributed by atoms with van der Waals surface area (Å²) in [6.45, 7) is 1.44. The molecule has 0 aliphatic heterocycles. The Morgan fingerprint density at radius 2 is 1.92 bits per heavy atom. The maximum atomic E-state index is 11.6. The van der Waals surface area contributed by atoms with Crippen molar-refractivity contribution in [2.75, 3.05) is 6.61 Å². The van der Waals surface area contributed by atoms with Gasteiger partial charge in [0.1, 0.15) is 24.0 Å². The van der Waals surface area contributed by atoms with Gasteiger partial charge in [-0.15, -0.1) is 0 Å². The highest BCUT2D eigenvalue weighted by Crippen LogP contribution is 2.31. The SMILES string of the molecule is CC(C#N)C(=O)COc1ccc(Oc2nc3ccccc3s2)cc1. The average molecular weight is 338 g/mol. The van der Waals surface area contributed by atoms with Crippen molar-refractivity contribution in [2.45, 2.75) is 6.92 Å². The molecule has 0 amide bonds. The zero-order valence-electron chi connectivity index (χ0n) is 12.9. The monoisotopic (exact) mass is 338 g/mol. The number of carbonyl (C=O) groups excluding carboxylic acids is 1. The summed E-state index contributed by atoms with van der Waals surface area (Å²) in [6, 6.07) is 16.7. The fourth-order valence-electron chi connectivity index (χ4n) is 1.95. The Labute approximate surface area is 143 Å². The number of benzene rings is 2. The van der Waals surface area contributed by atoms with Crippen LogP contribution >= 0.6 is 11.3 Å². The number of aromatic nitrogens is 1. The second-order valence-corrected chi connectivity index (χ2v) is 6.12. The Morgan fingerprint density at radius 3 is 2.62 bits per heavy atom. The van der Waals surface area contributed by atoms with Gasteiger partial charge in [0, 0.05) is 0 Å². The molecule has 0 aliphatic rings. The number of para-hydroxylation sites is 1. The van der Waals surface area contributed by atoms with Crippen molar-refractivity contribution < 1.29 is 14.3 Å². The number of thiazole rings is 1. The van der Waals surface area contributed by atoms with E-state index in [0.29, 0.717) is 16.7 Å². The number of fused-ring (bicyclic) bond motifs is 1. The summed E-state index contributed by atoms with van der Waals surface area (Å²) >= 11 is 1.48. The Balaban J connectivity index is 1.62. The van der Waals surface area contributed by atoms with Crippen LogP contribution in [0.2, 0.25) is 0 Å². The molecule has 2 aromatic carbocycles. The number of carbonyl (C=O) groups is 1.